The van der Waals surface area contributed by atoms with E-state index in [0.29, 0.717) is 23.1 Å². The molecular formula is C23H28F2N8O. The van der Waals surface area contributed by atoms with Crippen LogP contribution in [0.25, 0.3) is 16.7 Å². The molecule has 0 aromatic carbocycles. The monoisotopic (exact) mass is 470 g/mol. The zero-order valence-corrected chi connectivity index (χ0v) is 19.6. The molecule has 9 nitrogen and oxygen atoms in total. The predicted octanol–water partition coefficient (Wildman–Crippen LogP) is 3.26. The van der Waals surface area contributed by atoms with Gasteiger partial charge in [0.05, 0.1) is 10.9 Å². The molecule has 0 aliphatic carbocycles. The summed E-state index contributed by atoms with van der Waals surface area (Å²) in [7, 11) is 0. The van der Waals surface area contributed by atoms with Gasteiger partial charge in [-0.05, 0) is 39.3 Å². The van der Waals surface area contributed by atoms with Crippen LogP contribution < -0.4 is 10.2 Å². The van der Waals surface area contributed by atoms with Gasteiger partial charge < -0.3 is 10.2 Å². The van der Waals surface area contributed by atoms with Crippen LogP contribution in [0.1, 0.15) is 44.6 Å². The third kappa shape index (κ3) is 4.31. The molecule has 2 aliphatic rings. The van der Waals surface area contributed by atoms with E-state index in [1.165, 1.54) is 19.8 Å². The van der Waals surface area contributed by atoms with Gasteiger partial charge in [-0.25, -0.2) is 19.6 Å². The molecular weight excluding hydrogens is 442 g/mol. The number of aromatic nitrogens is 5. The Hall–Kier alpha value is -3.21. The number of likely N-dealkylation sites (tertiary alicyclic amines) is 1. The number of pyridine rings is 1. The smallest absolute Gasteiger partial charge is 0.303 e. The standard InChI is InChI=1S/C23H28F2N8O/c1-14-10-20(29-22(27-14)23(3,24)25)33-18-11-19(28-15(2)34)26-12-17(18)21(30-33)32-9-6-16(13-32)31-7-4-5-8-31/h10-12,16H,4-9,13H2,1-3H3,(H,26,28,34). The zero-order valence-electron chi connectivity index (χ0n) is 19.6. The first-order valence-corrected chi connectivity index (χ1v) is 11.6. The zero-order chi connectivity index (χ0) is 24.0. The highest BCUT2D eigenvalue weighted by Gasteiger charge is 2.33. The van der Waals surface area contributed by atoms with Crippen molar-refractivity contribution >= 4 is 28.4 Å². The number of nitrogens with zero attached hydrogens (tertiary/aromatic N) is 7. The van der Waals surface area contributed by atoms with Gasteiger partial charge in [0.25, 0.3) is 0 Å². The summed E-state index contributed by atoms with van der Waals surface area (Å²) >= 11 is 0. The summed E-state index contributed by atoms with van der Waals surface area (Å²) in [6, 6.07) is 3.80. The van der Waals surface area contributed by atoms with E-state index in [0.717, 1.165) is 50.7 Å². The second-order valence-corrected chi connectivity index (χ2v) is 9.21. The number of carbonyl (C=O) groups excluding carboxylic acids is 1. The van der Waals surface area contributed by atoms with Gasteiger partial charge in [-0.15, -0.1) is 5.10 Å². The molecule has 1 amide bonds. The number of aryl methyl sites for hydroxylation is 1. The number of halogens is 2. The lowest BCUT2D eigenvalue weighted by Gasteiger charge is -2.23. The van der Waals surface area contributed by atoms with Gasteiger partial charge in [-0.3, -0.25) is 9.69 Å². The summed E-state index contributed by atoms with van der Waals surface area (Å²) in [4.78, 5) is 28.8. The van der Waals surface area contributed by atoms with Gasteiger partial charge in [-0.1, -0.05) is 0 Å². The van der Waals surface area contributed by atoms with E-state index in [1.807, 2.05) is 0 Å². The quantitative estimate of drug-likeness (QED) is 0.612. The molecule has 0 saturated carbocycles. The van der Waals surface area contributed by atoms with E-state index in [1.54, 1.807) is 29.9 Å². The second kappa shape index (κ2) is 8.53. The van der Waals surface area contributed by atoms with Crippen LogP contribution in [0.3, 0.4) is 0 Å². The largest absolute Gasteiger partial charge is 0.353 e. The molecule has 2 aliphatic heterocycles. The van der Waals surface area contributed by atoms with E-state index in [9.17, 15) is 13.6 Å². The van der Waals surface area contributed by atoms with Crippen molar-refractivity contribution in [3.05, 3.63) is 29.8 Å². The molecule has 3 aromatic rings. The Bertz CT molecular complexity index is 1230. The predicted molar refractivity (Wildman–Crippen MR) is 124 cm³/mol. The van der Waals surface area contributed by atoms with Gasteiger partial charge in [0.15, 0.2) is 11.6 Å². The number of carbonyl (C=O) groups is 1. The summed E-state index contributed by atoms with van der Waals surface area (Å²) in [5, 5.41) is 8.28. The Kier molecular flexibility index (Phi) is 5.67. The fourth-order valence-corrected chi connectivity index (χ4v) is 4.85. The molecule has 5 heterocycles. The van der Waals surface area contributed by atoms with Crippen LogP contribution in [0.4, 0.5) is 20.4 Å². The van der Waals surface area contributed by atoms with Crippen LogP contribution in [0, 0.1) is 6.92 Å². The molecule has 0 spiro atoms. The van der Waals surface area contributed by atoms with Gasteiger partial charge in [0.2, 0.25) is 11.7 Å². The normalized spacial score (nSPS) is 19.3. The minimum atomic E-state index is -3.19. The maximum Gasteiger partial charge on any atom is 0.303 e. The number of fused-ring (bicyclic) bond motifs is 1. The van der Waals surface area contributed by atoms with Gasteiger partial charge >= 0.3 is 5.92 Å². The molecule has 1 atom stereocenters. The number of rotatable bonds is 5. The SMILES string of the molecule is CC(=O)Nc1cc2c(cn1)c(N1CCC(N3CCCC3)C1)nn2-c1cc(C)nc(C(C)(F)F)n1. The molecule has 2 fully saturated rings. The van der Waals surface area contributed by atoms with Crippen molar-refractivity contribution in [1.29, 1.82) is 0 Å². The fourth-order valence-electron chi connectivity index (χ4n) is 4.85. The van der Waals surface area contributed by atoms with Crippen LogP contribution in [-0.4, -0.2) is 67.8 Å². The van der Waals surface area contributed by atoms with E-state index < -0.39 is 11.7 Å². The average Bonchev–Trinajstić information content (AvgIpc) is 3.51. The molecule has 1 unspecified atom stereocenters. The van der Waals surface area contributed by atoms with E-state index in [2.05, 4.69) is 30.1 Å². The fraction of sp³-hybridized carbons (Fsp3) is 0.522. The van der Waals surface area contributed by atoms with E-state index in [-0.39, 0.29) is 11.7 Å². The van der Waals surface area contributed by atoms with Crippen molar-refractivity contribution in [2.75, 3.05) is 36.4 Å². The van der Waals surface area contributed by atoms with Crippen LogP contribution >= 0.6 is 0 Å². The Morgan fingerprint density at radius 3 is 2.65 bits per heavy atom. The van der Waals surface area contributed by atoms with Crippen molar-refractivity contribution in [3.8, 4) is 5.82 Å². The Labute approximate surface area is 196 Å². The molecule has 34 heavy (non-hydrogen) atoms. The molecule has 2 saturated heterocycles. The minimum absolute atomic E-state index is 0.246. The number of hydrogen-bond acceptors (Lipinski definition) is 7. The van der Waals surface area contributed by atoms with Crippen molar-refractivity contribution in [3.63, 3.8) is 0 Å². The van der Waals surface area contributed by atoms with Crippen molar-refractivity contribution < 1.29 is 13.6 Å². The Balaban J connectivity index is 1.60. The van der Waals surface area contributed by atoms with Gasteiger partial charge in [0, 0.05) is 57.0 Å². The highest BCUT2D eigenvalue weighted by Crippen LogP contribution is 2.33. The van der Waals surface area contributed by atoms with Gasteiger partial charge in [-0.2, -0.15) is 8.78 Å². The molecule has 3 aromatic heterocycles. The van der Waals surface area contributed by atoms with Crippen LogP contribution in [0.2, 0.25) is 0 Å². The summed E-state index contributed by atoms with van der Waals surface area (Å²) in [6.07, 6.45) is 5.19. The summed E-state index contributed by atoms with van der Waals surface area (Å²) in [6.45, 7) is 7.79. The summed E-state index contributed by atoms with van der Waals surface area (Å²) in [5.74, 6) is -2.66. The molecule has 180 valence electrons. The number of alkyl halides is 2. The van der Waals surface area contributed by atoms with Crippen LogP contribution in [0.5, 0.6) is 0 Å². The molecule has 5 rings (SSSR count). The lowest BCUT2D eigenvalue weighted by Crippen LogP contribution is -2.35. The van der Waals surface area contributed by atoms with Crippen molar-refractivity contribution in [1.82, 2.24) is 29.6 Å². The lowest BCUT2D eigenvalue weighted by molar-refractivity contribution is -0.114. The van der Waals surface area contributed by atoms with E-state index >= 15 is 0 Å². The van der Waals surface area contributed by atoms with Crippen molar-refractivity contribution in [2.45, 2.75) is 52.0 Å². The Morgan fingerprint density at radius 2 is 1.94 bits per heavy atom. The summed E-state index contributed by atoms with van der Waals surface area (Å²) < 4.78 is 29.7. The number of hydrogen-bond donors (Lipinski definition) is 1. The Morgan fingerprint density at radius 1 is 1.18 bits per heavy atom. The first-order chi connectivity index (χ1) is 16.2. The molecule has 0 bridgehead atoms. The molecule has 0 radical (unpaired) electrons. The van der Waals surface area contributed by atoms with Crippen LogP contribution in [0.15, 0.2) is 18.3 Å². The third-order valence-electron chi connectivity index (χ3n) is 6.42. The average molecular weight is 471 g/mol. The topological polar surface area (TPSA) is 92.1 Å². The highest BCUT2D eigenvalue weighted by atomic mass is 19.3. The molecule has 1 N–H and O–H groups in total. The number of anilines is 2. The number of amides is 1. The summed E-state index contributed by atoms with van der Waals surface area (Å²) in [5.41, 5.74) is 1.04. The maximum absolute atomic E-state index is 14.1. The highest BCUT2D eigenvalue weighted by molar-refractivity contribution is 5.95. The first-order valence-electron chi connectivity index (χ1n) is 11.6. The first kappa shape index (κ1) is 22.6. The third-order valence-corrected chi connectivity index (χ3v) is 6.42. The van der Waals surface area contributed by atoms with E-state index in [4.69, 9.17) is 5.10 Å². The van der Waals surface area contributed by atoms with Crippen LogP contribution in [-0.2, 0) is 10.7 Å². The van der Waals surface area contributed by atoms with Crippen molar-refractivity contribution in [2.24, 2.45) is 0 Å². The minimum Gasteiger partial charge on any atom is -0.353 e. The van der Waals surface area contributed by atoms with Gasteiger partial charge in [0.1, 0.15) is 5.82 Å². The lowest BCUT2D eigenvalue weighted by atomic mass is 10.2. The maximum atomic E-state index is 14.1. The second-order valence-electron chi connectivity index (χ2n) is 9.21. The number of nitrogens with one attached hydrogen (secondary N) is 1. The molecule has 11 heteroatoms.